The summed E-state index contributed by atoms with van der Waals surface area (Å²) in [7, 11) is 0. The summed E-state index contributed by atoms with van der Waals surface area (Å²) in [6.45, 7) is 5.83. The first-order valence-electron chi connectivity index (χ1n) is 6.63. The van der Waals surface area contributed by atoms with E-state index >= 15 is 0 Å². The molecule has 1 amide bonds. The summed E-state index contributed by atoms with van der Waals surface area (Å²) in [6.07, 6.45) is 1.70. The van der Waals surface area contributed by atoms with Gasteiger partial charge in [-0.2, -0.15) is 0 Å². The molecule has 0 aliphatic heterocycles. The summed E-state index contributed by atoms with van der Waals surface area (Å²) >= 11 is 0. The molecule has 0 heterocycles. The van der Waals surface area contributed by atoms with Crippen LogP contribution in [0.2, 0.25) is 0 Å². The molecule has 0 spiro atoms. The zero-order valence-corrected chi connectivity index (χ0v) is 11.8. The monoisotopic (exact) mass is 259 g/mol. The molecule has 102 valence electrons. The van der Waals surface area contributed by atoms with E-state index in [0.717, 1.165) is 29.7 Å². The minimum atomic E-state index is -0.147. The Labute approximate surface area is 115 Å². The second-order valence-corrected chi connectivity index (χ2v) is 4.49. The Bertz CT molecular complexity index is 493. The number of hydrogen-bond donors (Lipinski definition) is 2. The number of rotatable bonds is 4. The Kier molecular flexibility index (Phi) is 6.11. The molecule has 0 atom stereocenters. The summed E-state index contributed by atoms with van der Waals surface area (Å²) in [5.41, 5.74) is 2.64. The molecule has 3 heteroatoms. The summed E-state index contributed by atoms with van der Waals surface area (Å²) < 4.78 is 0. The molecule has 0 saturated carbocycles. The highest BCUT2D eigenvalue weighted by Crippen LogP contribution is 2.18. The van der Waals surface area contributed by atoms with Crippen molar-refractivity contribution in [1.82, 2.24) is 0 Å². The lowest BCUT2D eigenvalue weighted by Gasteiger charge is -2.14. The minimum absolute atomic E-state index is 0.0632. The van der Waals surface area contributed by atoms with Gasteiger partial charge in [0.1, 0.15) is 6.61 Å². The number of hydrogen-bond acceptors (Lipinski definition) is 2. The van der Waals surface area contributed by atoms with Gasteiger partial charge in [0, 0.05) is 17.2 Å². The molecule has 0 aliphatic rings. The fourth-order valence-electron chi connectivity index (χ4n) is 1.92. The van der Waals surface area contributed by atoms with Gasteiger partial charge in [0.2, 0.25) is 5.91 Å². The zero-order chi connectivity index (χ0) is 14.3. The highest BCUT2D eigenvalue weighted by Gasteiger charge is 2.14. The lowest BCUT2D eigenvalue weighted by atomic mass is 10.0. The third-order valence-electron chi connectivity index (χ3n) is 3.15. The number of nitrogens with one attached hydrogen (secondary N) is 1. The third-order valence-corrected chi connectivity index (χ3v) is 3.15. The largest absolute Gasteiger partial charge is 0.384 e. The van der Waals surface area contributed by atoms with Crippen LogP contribution < -0.4 is 5.32 Å². The van der Waals surface area contributed by atoms with Crippen LogP contribution in [0.15, 0.2) is 18.2 Å². The molecule has 0 unspecified atom stereocenters. The topological polar surface area (TPSA) is 49.3 Å². The SMILES string of the molecule is CCC(CC)C(=O)Nc1ccc(C#CCO)cc1C. The minimum Gasteiger partial charge on any atom is -0.384 e. The Morgan fingerprint density at radius 1 is 1.37 bits per heavy atom. The fraction of sp³-hybridized carbons (Fsp3) is 0.438. The molecule has 1 aromatic carbocycles. The quantitative estimate of drug-likeness (QED) is 0.817. The van der Waals surface area contributed by atoms with Gasteiger partial charge in [0.15, 0.2) is 0 Å². The van der Waals surface area contributed by atoms with Gasteiger partial charge in [-0.1, -0.05) is 25.7 Å². The molecule has 0 fully saturated rings. The second-order valence-electron chi connectivity index (χ2n) is 4.49. The molecular weight excluding hydrogens is 238 g/mol. The number of amides is 1. The first-order valence-corrected chi connectivity index (χ1v) is 6.63. The number of carbonyl (C=O) groups excluding carboxylic acids is 1. The van der Waals surface area contributed by atoms with Crippen LogP contribution in [-0.2, 0) is 4.79 Å². The van der Waals surface area contributed by atoms with Crippen molar-refractivity contribution in [3.63, 3.8) is 0 Å². The van der Waals surface area contributed by atoms with Crippen LogP contribution in [0.5, 0.6) is 0 Å². The molecule has 3 nitrogen and oxygen atoms in total. The van der Waals surface area contributed by atoms with Crippen molar-refractivity contribution in [3.05, 3.63) is 29.3 Å². The molecule has 1 aromatic rings. The summed E-state index contributed by atoms with van der Waals surface area (Å²) in [5.74, 6) is 5.59. The third kappa shape index (κ3) is 4.42. The zero-order valence-electron chi connectivity index (χ0n) is 11.8. The van der Waals surface area contributed by atoms with Crippen molar-refractivity contribution < 1.29 is 9.90 Å². The first kappa shape index (κ1) is 15.3. The van der Waals surface area contributed by atoms with E-state index < -0.39 is 0 Å². The molecule has 0 bridgehead atoms. The van der Waals surface area contributed by atoms with Crippen molar-refractivity contribution in [2.75, 3.05) is 11.9 Å². The number of carbonyl (C=O) groups is 1. The number of anilines is 1. The Morgan fingerprint density at radius 2 is 2.05 bits per heavy atom. The van der Waals surface area contributed by atoms with Crippen LogP contribution >= 0.6 is 0 Å². The maximum absolute atomic E-state index is 12.0. The van der Waals surface area contributed by atoms with Crippen LogP contribution in [0.3, 0.4) is 0 Å². The van der Waals surface area contributed by atoms with Gasteiger partial charge in [-0.05, 0) is 43.5 Å². The Balaban J connectivity index is 2.83. The smallest absolute Gasteiger partial charge is 0.227 e. The maximum Gasteiger partial charge on any atom is 0.227 e. The molecule has 0 saturated heterocycles. The molecule has 0 aromatic heterocycles. The van der Waals surface area contributed by atoms with E-state index in [9.17, 15) is 4.79 Å². The highest BCUT2D eigenvalue weighted by molar-refractivity contribution is 5.93. The lowest BCUT2D eigenvalue weighted by molar-refractivity contribution is -0.120. The van der Waals surface area contributed by atoms with E-state index in [1.54, 1.807) is 0 Å². The van der Waals surface area contributed by atoms with E-state index in [-0.39, 0.29) is 18.4 Å². The van der Waals surface area contributed by atoms with Gasteiger partial charge in [0.25, 0.3) is 0 Å². The van der Waals surface area contributed by atoms with E-state index in [1.807, 2.05) is 39.0 Å². The van der Waals surface area contributed by atoms with Crippen LogP contribution in [0.4, 0.5) is 5.69 Å². The Hall–Kier alpha value is -1.79. The van der Waals surface area contributed by atoms with Crippen molar-refractivity contribution in [2.45, 2.75) is 33.6 Å². The van der Waals surface area contributed by atoms with E-state index in [0.29, 0.717) is 0 Å². The fourth-order valence-corrected chi connectivity index (χ4v) is 1.92. The van der Waals surface area contributed by atoms with E-state index in [4.69, 9.17) is 5.11 Å². The van der Waals surface area contributed by atoms with Gasteiger partial charge < -0.3 is 10.4 Å². The lowest BCUT2D eigenvalue weighted by Crippen LogP contribution is -2.22. The van der Waals surface area contributed by atoms with E-state index in [1.165, 1.54) is 0 Å². The molecule has 0 radical (unpaired) electrons. The number of aliphatic hydroxyl groups is 1. The number of aryl methyl sites for hydroxylation is 1. The van der Waals surface area contributed by atoms with Crippen molar-refractivity contribution in [3.8, 4) is 11.8 Å². The van der Waals surface area contributed by atoms with Gasteiger partial charge in [-0.25, -0.2) is 0 Å². The van der Waals surface area contributed by atoms with Crippen LogP contribution in [0.1, 0.15) is 37.8 Å². The van der Waals surface area contributed by atoms with Crippen molar-refractivity contribution in [2.24, 2.45) is 5.92 Å². The van der Waals surface area contributed by atoms with E-state index in [2.05, 4.69) is 17.2 Å². The Morgan fingerprint density at radius 3 is 2.58 bits per heavy atom. The average molecular weight is 259 g/mol. The summed E-state index contributed by atoms with van der Waals surface area (Å²) in [4.78, 5) is 12.0. The predicted octanol–water partition coefficient (Wildman–Crippen LogP) is 2.71. The van der Waals surface area contributed by atoms with Crippen LogP contribution in [0.25, 0.3) is 0 Å². The predicted molar refractivity (Wildman–Crippen MR) is 77.8 cm³/mol. The van der Waals surface area contributed by atoms with Crippen molar-refractivity contribution in [1.29, 1.82) is 0 Å². The van der Waals surface area contributed by atoms with Crippen LogP contribution in [0, 0.1) is 24.7 Å². The molecular formula is C16H21NO2. The molecule has 19 heavy (non-hydrogen) atoms. The molecule has 1 rings (SSSR count). The highest BCUT2D eigenvalue weighted by atomic mass is 16.2. The average Bonchev–Trinajstić information content (AvgIpc) is 2.40. The number of benzene rings is 1. The number of aliphatic hydroxyl groups excluding tert-OH is 1. The van der Waals surface area contributed by atoms with Gasteiger partial charge in [-0.15, -0.1) is 0 Å². The van der Waals surface area contributed by atoms with Gasteiger partial charge in [0.05, 0.1) is 0 Å². The van der Waals surface area contributed by atoms with Gasteiger partial charge in [-0.3, -0.25) is 4.79 Å². The van der Waals surface area contributed by atoms with Crippen LogP contribution in [-0.4, -0.2) is 17.6 Å². The maximum atomic E-state index is 12.0. The summed E-state index contributed by atoms with van der Waals surface area (Å²) in [5, 5.41) is 11.6. The summed E-state index contributed by atoms with van der Waals surface area (Å²) in [6, 6.07) is 5.61. The molecule has 2 N–H and O–H groups in total. The van der Waals surface area contributed by atoms with Gasteiger partial charge >= 0.3 is 0 Å². The second kappa shape index (κ2) is 7.60. The normalized spacial score (nSPS) is 9.95. The first-order chi connectivity index (χ1) is 9.12. The molecule has 0 aliphatic carbocycles. The van der Waals surface area contributed by atoms with Crippen molar-refractivity contribution >= 4 is 11.6 Å². The standard InChI is InChI=1S/C16H21NO2/c1-4-14(5-2)16(19)17-15-9-8-13(7-6-10-18)11-12(15)3/h8-9,11,14,18H,4-5,10H2,1-3H3,(H,17,19).